The van der Waals surface area contributed by atoms with E-state index in [1.54, 1.807) is 0 Å². The third-order valence-electron chi connectivity index (χ3n) is 3.75. The Morgan fingerprint density at radius 2 is 2.00 bits per heavy atom. The molecule has 0 aromatic heterocycles. The molecule has 1 rings (SSSR count). The molecule has 2 amide bonds. The highest BCUT2D eigenvalue weighted by molar-refractivity contribution is 6.03. The fourth-order valence-corrected chi connectivity index (χ4v) is 2.28. The van der Waals surface area contributed by atoms with Crippen LogP contribution in [0.1, 0.15) is 53.4 Å². The van der Waals surface area contributed by atoms with Crippen molar-refractivity contribution in [1.82, 2.24) is 10.2 Å². The van der Waals surface area contributed by atoms with Gasteiger partial charge in [-0.3, -0.25) is 19.8 Å². The lowest BCUT2D eigenvalue weighted by molar-refractivity contribution is -0.153. The lowest BCUT2D eigenvalue weighted by Crippen LogP contribution is -2.64. The molecule has 18 heavy (non-hydrogen) atoms. The molecular weight excluding hydrogens is 228 g/mol. The molecule has 1 aliphatic rings. The van der Waals surface area contributed by atoms with Crippen LogP contribution in [0.4, 0.5) is 0 Å². The normalized spacial score (nSPS) is 21.2. The maximum Gasteiger partial charge on any atom is 0.248 e. The molecule has 1 fully saturated rings. The minimum Gasteiger partial charge on any atom is -0.295 e. The van der Waals surface area contributed by atoms with E-state index in [4.69, 9.17) is 0 Å². The molecule has 1 aliphatic heterocycles. The predicted molar refractivity (Wildman–Crippen MR) is 72.1 cm³/mol. The van der Waals surface area contributed by atoms with Gasteiger partial charge >= 0.3 is 0 Å². The van der Waals surface area contributed by atoms with Gasteiger partial charge in [-0.2, -0.15) is 0 Å². The number of nitrogens with one attached hydrogen (secondary N) is 1. The smallest absolute Gasteiger partial charge is 0.248 e. The number of nitrogens with zero attached hydrogens (tertiary/aromatic N) is 1. The number of hydrogen-bond donors (Lipinski definition) is 1. The third kappa shape index (κ3) is 3.55. The Labute approximate surface area is 110 Å². The standard InChI is InChI=1S/C14H26N2O2/c1-5-7-8-11(6-2)10-16-12(17)9-15-14(3,4)13(16)18/h11,15H,5-10H2,1-4H3. The summed E-state index contributed by atoms with van der Waals surface area (Å²) in [6, 6.07) is 0. The zero-order valence-electron chi connectivity index (χ0n) is 12.1. The lowest BCUT2D eigenvalue weighted by Gasteiger charge is -2.38. The summed E-state index contributed by atoms with van der Waals surface area (Å²) in [5.74, 6) is 0.259. The Balaban J connectivity index is 2.67. The lowest BCUT2D eigenvalue weighted by atomic mass is 9.95. The first-order valence-corrected chi connectivity index (χ1v) is 7.02. The van der Waals surface area contributed by atoms with Gasteiger partial charge in [0.15, 0.2) is 0 Å². The molecule has 1 heterocycles. The predicted octanol–water partition coefficient (Wildman–Crippen LogP) is 1.94. The number of carbonyl (C=O) groups excluding carboxylic acids is 2. The Kier molecular flexibility index (Phi) is 5.32. The number of unbranched alkanes of at least 4 members (excludes halogenated alkanes) is 1. The second-order valence-corrected chi connectivity index (χ2v) is 5.70. The molecule has 0 radical (unpaired) electrons. The summed E-state index contributed by atoms with van der Waals surface area (Å²) in [5.41, 5.74) is -0.614. The van der Waals surface area contributed by atoms with Crippen LogP contribution < -0.4 is 5.32 Å². The average molecular weight is 254 g/mol. The molecule has 0 saturated carbocycles. The minimum atomic E-state index is -0.614. The SMILES string of the molecule is CCCCC(CC)CN1C(=O)CNC(C)(C)C1=O. The van der Waals surface area contributed by atoms with Gasteiger partial charge < -0.3 is 0 Å². The van der Waals surface area contributed by atoms with Gasteiger partial charge in [-0.25, -0.2) is 0 Å². The van der Waals surface area contributed by atoms with Crippen LogP contribution in [0.5, 0.6) is 0 Å². The van der Waals surface area contributed by atoms with Gasteiger partial charge in [0, 0.05) is 6.54 Å². The van der Waals surface area contributed by atoms with Crippen LogP contribution in [0, 0.1) is 5.92 Å². The topological polar surface area (TPSA) is 49.4 Å². The second-order valence-electron chi connectivity index (χ2n) is 5.70. The van der Waals surface area contributed by atoms with Gasteiger partial charge in [-0.1, -0.05) is 33.1 Å². The number of amides is 2. The van der Waals surface area contributed by atoms with Crippen molar-refractivity contribution in [1.29, 1.82) is 0 Å². The highest BCUT2D eigenvalue weighted by atomic mass is 16.2. The van der Waals surface area contributed by atoms with Crippen LogP contribution in [0.2, 0.25) is 0 Å². The van der Waals surface area contributed by atoms with E-state index in [9.17, 15) is 9.59 Å². The highest BCUT2D eigenvalue weighted by Gasteiger charge is 2.40. The number of carbonyl (C=O) groups is 2. The van der Waals surface area contributed by atoms with Crippen LogP contribution in [-0.2, 0) is 9.59 Å². The molecule has 0 aromatic rings. The third-order valence-corrected chi connectivity index (χ3v) is 3.75. The van der Waals surface area contributed by atoms with Crippen molar-refractivity contribution in [3.8, 4) is 0 Å². The van der Waals surface area contributed by atoms with Crippen molar-refractivity contribution in [2.24, 2.45) is 5.92 Å². The average Bonchev–Trinajstić information content (AvgIpc) is 2.34. The molecule has 0 aromatic carbocycles. The van der Waals surface area contributed by atoms with Crippen molar-refractivity contribution in [2.45, 2.75) is 58.9 Å². The largest absolute Gasteiger partial charge is 0.295 e. The molecule has 1 unspecified atom stereocenters. The zero-order valence-corrected chi connectivity index (χ0v) is 12.1. The van der Waals surface area contributed by atoms with Gasteiger partial charge in [0.2, 0.25) is 11.8 Å². The number of imide groups is 1. The van der Waals surface area contributed by atoms with E-state index in [1.807, 2.05) is 13.8 Å². The molecule has 1 atom stereocenters. The fourth-order valence-electron chi connectivity index (χ4n) is 2.28. The molecule has 0 bridgehead atoms. The van der Waals surface area contributed by atoms with Gasteiger partial charge in [-0.05, 0) is 26.2 Å². The van der Waals surface area contributed by atoms with Crippen LogP contribution in [0.3, 0.4) is 0 Å². The van der Waals surface area contributed by atoms with E-state index >= 15 is 0 Å². The molecule has 1 N–H and O–H groups in total. The maximum absolute atomic E-state index is 12.2. The minimum absolute atomic E-state index is 0.0886. The Bertz CT molecular complexity index is 313. The van der Waals surface area contributed by atoms with Crippen molar-refractivity contribution < 1.29 is 9.59 Å². The summed E-state index contributed by atoms with van der Waals surface area (Å²) >= 11 is 0. The molecule has 104 valence electrons. The van der Waals surface area contributed by atoms with E-state index in [2.05, 4.69) is 19.2 Å². The number of piperazine rings is 1. The van der Waals surface area contributed by atoms with Crippen molar-refractivity contribution >= 4 is 11.8 Å². The molecule has 4 nitrogen and oxygen atoms in total. The first-order chi connectivity index (χ1) is 8.42. The summed E-state index contributed by atoms with van der Waals surface area (Å²) in [6.45, 7) is 8.81. The molecule has 0 aliphatic carbocycles. The summed E-state index contributed by atoms with van der Waals surface area (Å²) in [5, 5.41) is 2.98. The van der Waals surface area contributed by atoms with Gasteiger partial charge in [0.05, 0.1) is 12.1 Å². The fraction of sp³-hybridized carbons (Fsp3) is 0.857. The molecule has 0 spiro atoms. The zero-order chi connectivity index (χ0) is 13.8. The van der Waals surface area contributed by atoms with E-state index in [0.29, 0.717) is 12.5 Å². The van der Waals surface area contributed by atoms with Crippen LogP contribution in [0.15, 0.2) is 0 Å². The Hall–Kier alpha value is -0.900. The van der Waals surface area contributed by atoms with Gasteiger partial charge in [0.1, 0.15) is 0 Å². The highest BCUT2D eigenvalue weighted by Crippen LogP contribution is 2.19. The van der Waals surface area contributed by atoms with Gasteiger partial charge in [0.25, 0.3) is 0 Å². The molecule has 1 saturated heterocycles. The van der Waals surface area contributed by atoms with Crippen molar-refractivity contribution in [3.63, 3.8) is 0 Å². The van der Waals surface area contributed by atoms with E-state index < -0.39 is 5.54 Å². The maximum atomic E-state index is 12.2. The molecular formula is C14H26N2O2. The Morgan fingerprint density at radius 3 is 2.56 bits per heavy atom. The summed E-state index contributed by atoms with van der Waals surface area (Å²) in [7, 11) is 0. The molecule has 4 heteroatoms. The number of rotatable bonds is 6. The van der Waals surface area contributed by atoms with E-state index in [0.717, 1.165) is 25.7 Å². The van der Waals surface area contributed by atoms with Crippen LogP contribution >= 0.6 is 0 Å². The monoisotopic (exact) mass is 254 g/mol. The first kappa shape index (κ1) is 15.2. The number of hydrogen-bond acceptors (Lipinski definition) is 3. The van der Waals surface area contributed by atoms with E-state index in [-0.39, 0.29) is 18.4 Å². The van der Waals surface area contributed by atoms with Gasteiger partial charge in [-0.15, -0.1) is 0 Å². The quantitative estimate of drug-likeness (QED) is 0.737. The Morgan fingerprint density at radius 1 is 1.33 bits per heavy atom. The van der Waals surface area contributed by atoms with E-state index in [1.165, 1.54) is 4.90 Å². The second kappa shape index (κ2) is 6.32. The van der Waals surface area contributed by atoms with Crippen molar-refractivity contribution in [2.75, 3.05) is 13.1 Å². The summed E-state index contributed by atoms with van der Waals surface area (Å²) in [6.07, 6.45) is 4.44. The van der Waals surface area contributed by atoms with Crippen LogP contribution in [-0.4, -0.2) is 35.3 Å². The van der Waals surface area contributed by atoms with Crippen molar-refractivity contribution in [3.05, 3.63) is 0 Å². The van der Waals surface area contributed by atoms with Crippen LogP contribution in [0.25, 0.3) is 0 Å². The first-order valence-electron chi connectivity index (χ1n) is 7.02. The summed E-state index contributed by atoms with van der Waals surface area (Å²) < 4.78 is 0. The summed E-state index contributed by atoms with van der Waals surface area (Å²) in [4.78, 5) is 25.5.